The summed E-state index contributed by atoms with van der Waals surface area (Å²) in [6.07, 6.45) is 0. The lowest BCUT2D eigenvalue weighted by Gasteiger charge is -2.36. The second-order valence-corrected chi connectivity index (χ2v) is 7.96. The maximum Gasteiger partial charge on any atom is 0.234 e. The lowest BCUT2D eigenvalue weighted by atomic mass is 10.2. The van der Waals surface area contributed by atoms with Crippen LogP contribution in [0, 0.1) is 6.92 Å². The molecule has 0 spiro atoms. The topological polar surface area (TPSA) is 61.9 Å². The highest BCUT2D eigenvalue weighted by atomic mass is 32.2. The van der Waals surface area contributed by atoms with Crippen molar-refractivity contribution in [1.29, 1.82) is 0 Å². The van der Waals surface area contributed by atoms with Crippen molar-refractivity contribution in [3.05, 3.63) is 54.1 Å². The average Bonchev–Trinajstić information content (AvgIpc) is 2.75. The monoisotopic (exact) mass is 413 g/mol. The molecule has 0 aromatic heterocycles. The third-order valence-electron chi connectivity index (χ3n) is 4.84. The molecule has 1 N–H and O–H groups in total. The number of hydrogen-bond donors (Lipinski definition) is 1. The normalized spacial score (nSPS) is 13.9. The van der Waals surface area contributed by atoms with Crippen LogP contribution in [0.4, 0.5) is 11.4 Å². The minimum atomic E-state index is -0.0884. The molecule has 6 nitrogen and oxygen atoms in total. The Morgan fingerprint density at radius 2 is 1.76 bits per heavy atom. The molecule has 2 amide bonds. The van der Waals surface area contributed by atoms with Gasteiger partial charge in [0.15, 0.2) is 0 Å². The van der Waals surface area contributed by atoms with Gasteiger partial charge in [-0.15, -0.1) is 11.8 Å². The highest BCUT2D eigenvalue weighted by Crippen LogP contribution is 2.22. The summed E-state index contributed by atoms with van der Waals surface area (Å²) in [5, 5.41) is 2.85. The summed E-state index contributed by atoms with van der Waals surface area (Å²) in [7, 11) is 1.66. The number of hydrogen-bond acceptors (Lipinski definition) is 5. The Morgan fingerprint density at radius 3 is 2.45 bits per heavy atom. The van der Waals surface area contributed by atoms with Gasteiger partial charge in [-0.05, 0) is 31.2 Å². The van der Waals surface area contributed by atoms with Crippen molar-refractivity contribution in [3.63, 3.8) is 0 Å². The lowest BCUT2D eigenvalue weighted by molar-refractivity contribution is -0.128. The Kier molecular flexibility index (Phi) is 7.41. The molecular weight excluding hydrogens is 386 g/mol. The summed E-state index contributed by atoms with van der Waals surface area (Å²) < 4.78 is 5.28. The highest BCUT2D eigenvalue weighted by molar-refractivity contribution is 8.00. The molecule has 0 radical (unpaired) electrons. The number of amides is 2. The van der Waals surface area contributed by atoms with Gasteiger partial charge in [0.25, 0.3) is 0 Å². The van der Waals surface area contributed by atoms with Gasteiger partial charge in [-0.3, -0.25) is 9.59 Å². The van der Waals surface area contributed by atoms with Gasteiger partial charge in [0.2, 0.25) is 11.8 Å². The molecule has 2 aromatic rings. The number of benzene rings is 2. The fraction of sp³-hybridized carbons (Fsp3) is 0.364. The zero-order chi connectivity index (χ0) is 20.6. The van der Waals surface area contributed by atoms with E-state index in [2.05, 4.69) is 16.3 Å². The quantitative estimate of drug-likeness (QED) is 0.756. The molecule has 1 saturated heterocycles. The van der Waals surface area contributed by atoms with Gasteiger partial charge in [-0.25, -0.2) is 0 Å². The molecule has 2 aromatic carbocycles. The van der Waals surface area contributed by atoms with Gasteiger partial charge < -0.3 is 19.9 Å². The molecule has 1 fully saturated rings. The van der Waals surface area contributed by atoms with Crippen molar-refractivity contribution in [2.24, 2.45) is 0 Å². The van der Waals surface area contributed by atoms with Crippen LogP contribution in [0.1, 0.15) is 5.56 Å². The van der Waals surface area contributed by atoms with Crippen LogP contribution in [-0.4, -0.2) is 61.5 Å². The van der Waals surface area contributed by atoms with Gasteiger partial charge >= 0.3 is 0 Å². The standard InChI is InChI=1S/C22H27N3O3S/c1-17-6-8-18(9-7-17)23-21(26)15-29-16-22(27)25-12-10-24(11-13-25)19-4-3-5-20(14-19)28-2/h3-9,14H,10-13,15-16H2,1-2H3,(H,23,26). The second-order valence-electron chi connectivity index (χ2n) is 6.98. The van der Waals surface area contributed by atoms with E-state index in [1.807, 2.05) is 54.3 Å². The van der Waals surface area contributed by atoms with Crippen molar-refractivity contribution in [1.82, 2.24) is 4.90 Å². The van der Waals surface area contributed by atoms with Crippen molar-refractivity contribution in [2.45, 2.75) is 6.92 Å². The van der Waals surface area contributed by atoms with Crippen LogP contribution in [0.15, 0.2) is 48.5 Å². The summed E-state index contributed by atoms with van der Waals surface area (Å²) in [5.41, 5.74) is 3.04. The number of rotatable bonds is 7. The van der Waals surface area contributed by atoms with E-state index in [0.29, 0.717) is 18.8 Å². The Morgan fingerprint density at radius 1 is 1.03 bits per heavy atom. The number of carbonyl (C=O) groups is 2. The minimum Gasteiger partial charge on any atom is -0.497 e. The van der Waals surface area contributed by atoms with Gasteiger partial charge in [0.05, 0.1) is 18.6 Å². The van der Waals surface area contributed by atoms with Crippen LogP contribution in [-0.2, 0) is 9.59 Å². The maximum atomic E-state index is 12.5. The van der Waals surface area contributed by atoms with Gasteiger partial charge in [0.1, 0.15) is 5.75 Å². The number of aryl methyl sites for hydroxylation is 1. The van der Waals surface area contributed by atoms with Crippen molar-refractivity contribution >= 4 is 35.0 Å². The molecule has 3 rings (SSSR count). The van der Waals surface area contributed by atoms with Crippen molar-refractivity contribution in [3.8, 4) is 5.75 Å². The molecule has 0 aliphatic carbocycles. The van der Waals surface area contributed by atoms with E-state index in [1.165, 1.54) is 11.8 Å². The van der Waals surface area contributed by atoms with Crippen LogP contribution in [0.3, 0.4) is 0 Å². The fourth-order valence-corrected chi connectivity index (χ4v) is 3.89. The predicted octanol–water partition coefficient (Wildman–Crippen LogP) is 3.02. The van der Waals surface area contributed by atoms with E-state index in [0.717, 1.165) is 35.8 Å². The molecule has 0 bridgehead atoms. The third-order valence-corrected chi connectivity index (χ3v) is 5.76. The molecule has 0 unspecified atom stereocenters. The summed E-state index contributed by atoms with van der Waals surface area (Å²) in [6.45, 7) is 4.96. The van der Waals surface area contributed by atoms with Crippen LogP contribution < -0.4 is 15.0 Å². The Labute approximate surface area is 176 Å². The first kappa shape index (κ1) is 21.0. The summed E-state index contributed by atoms with van der Waals surface area (Å²) >= 11 is 1.35. The smallest absolute Gasteiger partial charge is 0.234 e. The summed E-state index contributed by atoms with van der Waals surface area (Å²) in [5.74, 6) is 1.42. The van der Waals surface area contributed by atoms with E-state index in [4.69, 9.17) is 4.74 Å². The zero-order valence-electron chi connectivity index (χ0n) is 16.9. The lowest BCUT2D eigenvalue weighted by Crippen LogP contribution is -2.49. The van der Waals surface area contributed by atoms with Crippen molar-refractivity contribution < 1.29 is 14.3 Å². The summed E-state index contributed by atoms with van der Waals surface area (Å²) in [4.78, 5) is 28.6. The Hall–Kier alpha value is -2.67. The SMILES string of the molecule is COc1cccc(N2CCN(C(=O)CSCC(=O)Nc3ccc(C)cc3)CC2)c1. The van der Waals surface area contributed by atoms with Gasteiger partial charge in [0, 0.05) is 43.6 Å². The molecule has 1 heterocycles. The highest BCUT2D eigenvalue weighted by Gasteiger charge is 2.21. The van der Waals surface area contributed by atoms with E-state index in [-0.39, 0.29) is 17.6 Å². The average molecular weight is 414 g/mol. The molecule has 0 atom stereocenters. The number of piperazine rings is 1. The molecule has 0 saturated carbocycles. The first-order valence-electron chi connectivity index (χ1n) is 9.66. The Balaban J connectivity index is 1.38. The predicted molar refractivity (Wildman–Crippen MR) is 119 cm³/mol. The molecule has 7 heteroatoms. The van der Waals surface area contributed by atoms with E-state index >= 15 is 0 Å². The number of nitrogens with zero attached hydrogens (tertiary/aromatic N) is 2. The summed E-state index contributed by atoms with van der Waals surface area (Å²) in [6, 6.07) is 15.6. The van der Waals surface area contributed by atoms with Crippen LogP contribution in [0.5, 0.6) is 5.75 Å². The first-order valence-corrected chi connectivity index (χ1v) is 10.8. The largest absolute Gasteiger partial charge is 0.497 e. The van der Waals surface area contributed by atoms with Crippen molar-refractivity contribution in [2.75, 3.05) is 55.0 Å². The second kappa shape index (κ2) is 10.2. The molecular formula is C22H27N3O3S. The number of nitrogens with one attached hydrogen (secondary N) is 1. The van der Waals surface area contributed by atoms with Gasteiger partial charge in [-0.1, -0.05) is 23.8 Å². The Bertz CT molecular complexity index is 833. The fourth-order valence-electron chi connectivity index (χ4n) is 3.18. The van der Waals surface area contributed by atoms with E-state index in [9.17, 15) is 9.59 Å². The molecule has 1 aliphatic heterocycles. The van der Waals surface area contributed by atoms with E-state index in [1.54, 1.807) is 7.11 Å². The zero-order valence-corrected chi connectivity index (χ0v) is 17.7. The van der Waals surface area contributed by atoms with Crippen LogP contribution in [0.25, 0.3) is 0 Å². The third kappa shape index (κ3) is 6.15. The number of methoxy groups -OCH3 is 1. The van der Waals surface area contributed by atoms with E-state index < -0.39 is 0 Å². The number of carbonyl (C=O) groups excluding carboxylic acids is 2. The van der Waals surface area contributed by atoms with Crippen LogP contribution in [0.2, 0.25) is 0 Å². The molecule has 154 valence electrons. The minimum absolute atomic E-state index is 0.0865. The number of thioether (sulfide) groups is 1. The molecule has 29 heavy (non-hydrogen) atoms. The maximum absolute atomic E-state index is 12.5. The van der Waals surface area contributed by atoms with Crippen LogP contribution >= 0.6 is 11.8 Å². The molecule has 1 aliphatic rings. The van der Waals surface area contributed by atoms with Gasteiger partial charge in [-0.2, -0.15) is 0 Å². The number of anilines is 2. The first-order chi connectivity index (χ1) is 14.0. The number of ether oxygens (including phenoxy) is 1.